The Morgan fingerprint density at radius 3 is 2.22 bits per heavy atom. The lowest BCUT2D eigenvalue weighted by molar-refractivity contribution is -0.139. The summed E-state index contributed by atoms with van der Waals surface area (Å²) in [6, 6.07) is 0. The Labute approximate surface area is 108 Å². The number of likely N-dealkylation sites (tertiary alicyclic amines) is 1. The molecule has 0 saturated carbocycles. The lowest BCUT2D eigenvalue weighted by atomic mass is 9.91. The number of hydrogen-bond donors (Lipinski definition) is 2. The minimum Gasteiger partial charge on any atom is -0.481 e. The van der Waals surface area contributed by atoms with Gasteiger partial charge >= 0.3 is 5.97 Å². The third-order valence-electron chi connectivity index (χ3n) is 3.62. The van der Waals surface area contributed by atoms with Crippen LogP contribution in [0, 0.1) is 11.8 Å². The summed E-state index contributed by atoms with van der Waals surface area (Å²) < 4.78 is 0. The van der Waals surface area contributed by atoms with Gasteiger partial charge in [-0.25, -0.2) is 0 Å². The van der Waals surface area contributed by atoms with Crippen molar-refractivity contribution in [2.75, 3.05) is 13.1 Å². The zero-order valence-electron chi connectivity index (χ0n) is 11.1. The number of aliphatic carboxylic acids is 1. The van der Waals surface area contributed by atoms with Crippen LogP contribution in [0.2, 0.25) is 0 Å². The van der Waals surface area contributed by atoms with E-state index in [4.69, 9.17) is 5.11 Å². The highest BCUT2D eigenvalue weighted by Gasteiger charge is 2.26. The van der Waals surface area contributed by atoms with E-state index in [1.807, 2.05) is 0 Å². The summed E-state index contributed by atoms with van der Waals surface area (Å²) in [5, 5.41) is 18.1. The number of aliphatic hydroxyl groups excluding tert-OH is 1. The van der Waals surface area contributed by atoms with Gasteiger partial charge in [0.1, 0.15) is 0 Å². The van der Waals surface area contributed by atoms with Crippen molar-refractivity contribution in [3.8, 4) is 0 Å². The Bertz CT molecular complexity index is 295. The number of rotatable bonds is 5. The van der Waals surface area contributed by atoms with Crippen LogP contribution in [-0.4, -0.2) is 46.2 Å². The second-order valence-corrected chi connectivity index (χ2v) is 5.37. The van der Waals surface area contributed by atoms with Crippen LogP contribution in [0.15, 0.2) is 0 Å². The van der Waals surface area contributed by atoms with Crippen LogP contribution in [0.4, 0.5) is 0 Å². The van der Waals surface area contributed by atoms with Gasteiger partial charge in [-0.2, -0.15) is 0 Å². The normalized spacial score (nSPS) is 20.5. The maximum absolute atomic E-state index is 11.9. The van der Waals surface area contributed by atoms with Crippen molar-refractivity contribution in [3.63, 3.8) is 0 Å². The molecule has 1 saturated heterocycles. The summed E-state index contributed by atoms with van der Waals surface area (Å²) in [4.78, 5) is 24.3. The fourth-order valence-corrected chi connectivity index (χ4v) is 2.43. The van der Waals surface area contributed by atoms with Gasteiger partial charge in [0.2, 0.25) is 5.91 Å². The molecule has 0 aromatic carbocycles. The molecule has 104 valence electrons. The first-order valence-electron chi connectivity index (χ1n) is 6.57. The second kappa shape index (κ2) is 6.73. The Kier molecular flexibility index (Phi) is 5.59. The highest BCUT2D eigenvalue weighted by molar-refractivity contribution is 5.77. The minimum absolute atomic E-state index is 0.0350. The third kappa shape index (κ3) is 4.64. The molecular weight excluding hydrogens is 234 g/mol. The number of carbonyl (C=O) groups is 2. The smallest absolute Gasteiger partial charge is 0.303 e. The maximum Gasteiger partial charge on any atom is 0.303 e. The third-order valence-corrected chi connectivity index (χ3v) is 3.62. The van der Waals surface area contributed by atoms with Gasteiger partial charge in [-0.05, 0) is 31.6 Å². The standard InChI is InChI=1S/C13H23NO4/c1-9(8-13(17)18)7-12(16)14-5-3-11(4-6-14)10(2)15/h9-11,15H,3-8H2,1-2H3,(H,17,18). The van der Waals surface area contributed by atoms with Crippen LogP contribution < -0.4 is 0 Å². The van der Waals surface area contributed by atoms with Crippen LogP contribution >= 0.6 is 0 Å². The van der Waals surface area contributed by atoms with Gasteiger partial charge < -0.3 is 15.1 Å². The first kappa shape index (κ1) is 15.0. The van der Waals surface area contributed by atoms with Gasteiger partial charge in [-0.15, -0.1) is 0 Å². The van der Waals surface area contributed by atoms with Crippen LogP contribution in [0.1, 0.15) is 39.5 Å². The molecule has 0 bridgehead atoms. The fourth-order valence-electron chi connectivity index (χ4n) is 2.43. The predicted molar refractivity (Wildman–Crippen MR) is 67.0 cm³/mol. The van der Waals surface area contributed by atoms with Gasteiger partial charge in [0, 0.05) is 25.9 Å². The molecule has 2 atom stereocenters. The Balaban J connectivity index is 2.34. The van der Waals surface area contributed by atoms with Crippen molar-refractivity contribution >= 4 is 11.9 Å². The van der Waals surface area contributed by atoms with Gasteiger partial charge in [-0.1, -0.05) is 6.92 Å². The lowest BCUT2D eigenvalue weighted by Gasteiger charge is -2.33. The molecule has 1 fully saturated rings. The van der Waals surface area contributed by atoms with Gasteiger partial charge in [0.25, 0.3) is 0 Å². The number of aliphatic hydroxyl groups is 1. The summed E-state index contributed by atoms with van der Waals surface area (Å²) >= 11 is 0. The molecule has 0 aliphatic carbocycles. The fraction of sp³-hybridized carbons (Fsp3) is 0.846. The second-order valence-electron chi connectivity index (χ2n) is 5.37. The Morgan fingerprint density at radius 2 is 1.78 bits per heavy atom. The summed E-state index contributed by atoms with van der Waals surface area (Å²) in [6.07, 6.45) is 1.68. The molecule has 1 heterocycles. The summed E-state index contributed by atoms with van der Waals surface area (Å²) in [5.74, 6) is -0.661. The topological polar surface area (TPSA) is 77.8 Å². The average molecular weight is 257 g/mol. The zero-order chi connectivity index (χ0) is 13.7. The van der Waals surface area contributed by atoms with Crippen LogP contribution in [0.5, 0.6) is 0 Å². The molecule has 5 nitrogen and oxygen atoms in total. The highest BCUT2D eigenvalue weighted by Crippen LogP contribution is 2.22. The van der Waals surface area contributed by atoms with E-state index in [-0.39, 0.29) is 30.3 Å². The molecule has 2 unspecified atom stereocenters. The molecule has 1 aliphatic heterocycles. The Morgan fingerprint density at radius 1 is 1.22 bits per heavy atom. The van der Waals surface area contributed by atoms with E-state index in [2.05, 4.69) is 0 Å². The van der Waals surface area contributed by atoms with E-state index in [9.17, 15) is 14.7 Å². The van der Waals surface area contributed by atoms with E-state index in [0.29, 0.717) is 19.5 Å². The van der Waals surface area contributed by atoms with Crippen LogP contribution in [0.25, 0.3) is 0 Å². The molecule has 1 amide bonds. The molecule has 1 aliphatic rings. The van der Waals surface area contributed by atoms with E-state index >= 15 is 0 Å². The first-order chi connectivity index (χ1) is 8.40. The lowest BCUT2D eigenvalue weighted by Crippen LogP contribution is -2.41. The largest absolute Gasteiger partial charge is 0.481 e. The van der Waals surface area contributed by atoms with Crippen molar-refractivity contribution in [1.29, 1.82) is 0 Å². The molecule has 5 heteroatoms. The van der Waals surface area contributed by atoms with Gasteiger partial charge in [0.05, 0.1) is 6.10 Å². The number of hydrogen-bond acceptors (Lipinski definition) is 3. The number of piperidine rings is 1. The van der Waals surface area contributed by atoms with E-state index in [0.717, 1.165) is 12.8 Å². The van der Waals surface area contributed by atoms with Gasteiger partial charge in [-0.3, -0.25) is 9.59 Å². The monoisotopic (exact) mass is 257 g/mol. The maximum atomic E-state index is 11.9. The van der Waals surface area contributed by atoms with Crippen LogP contribution in [0.3, 0.4) is 0 Å². The molecule has 1 rings (SSSR count). The number of carboxylic acids is 1. The summed E-state index contributed by atoms with van der Waals surface area (Å²) in [6.45, 7) is 4.92. The molecule has 0 aromatic heterocycles. The van der Waals surface area contributed by atoms with Crippen molar-refractivity contribution in [1.82, 2.24) is 4.90 Å². The van der Waals surface area contributed by atoms with Crippen LogP contribution in [-0.2, 0) is 9.59 Å². The first-order valence-corrected chi connectivity index (χ1v) is 6.57. The quantitative estimate of drug-likeness (QED) is 0.773. The van der Waals surface area contributed by atoms with Crippen molar-refractivity contribution in [3.05, 3.63) is 0 Å². The SMILES string of the molecule is CC(CC(=O)O)CC(=O)N1CCC(C(C)O)CC1. The number of nitrogens with zero attached hydrogens (tertiary/aromatic N) is 1. The molecular formula is C13H23NO4. The van der Waals surface area contributed by atoms with E-state index < -0.39 is 5.97 Å². The highest BCUT2D eigenvalue weighted by atomic mass is 16.4. The Hall–Kier alpha value is -1.10. The average Bonchev–Trinajstić information content (AvgIpc) is 2.27. The molecule has 18 heavy (non-hydrogen) atoms. The molecule has 2 N–H and O–H groups in total. The van der Waals surface area contributed by atoms with E-state index in [1.165, 1.54) is 0 Å². The summed E-state index contributed by atoms with van der Waals surface area (Å²) in [7, 11) is 0. The van der Waals surface area contributed by atoms with Crippen molar-refractivity contribution in [2.45, 2.75) is 45.6 Å². The predicted octanol–water partition coefficient (Wildman–Crippen LogP) is 1.11. The molecule has 0 radical (unpaired) electrons. The van der Waals surface area contributed by atoms with Gasteiger partial charge in [0.15, 0.2) is 0 Å². The number of amides is 1. The minimum atomic E-state index is -0.858. The molecule has 0 spiro atoms. The summed E-state index contributed by atoms with van der Waals surface area (Å²) in [5.41, 5.74) is 0. The van der Waals surface area contributed by atoms with Crippen molar-refractivity contribution in [2.24, 2.45) is 11.8 Å². The van der Waals surface area contributed by atoms with E-state index in [1.54, 1.807) is 18.7 Å². The number of carbonyl (C=O) groups excluding carboxylic acids is 1. The molecule has 0 aromatic rings. The van der Waals surface area contributed by atoms with Crippen molar-refractivity contribution < 1.29 is 19.8 Å². The zero-order valence-corrected chi connectivity index (χ0v) is 11.1. The number of carboxylic acid groups (broad SMARTS) is 1.